The molecule has 0 spiro atoms. The third-order valence-corrected chi connectivity index (χ3v) is 2.86. The smallest absolute Gasteiger partial charge is 0.152 e. The molecule has 0 aromatic heterocycles. The summed E-state index contributed by atoms with van der Waals surface area (Å²) in [6.45, 7) is 0.249. The van der Waals surface area contributed by atoms with Gasteiger partial charge in [-0.1, -0.05) is 28.1 Å². The maximum atomic E-state index is 13.3. The molecule has 0 radical (unpaired) electrons. The van der Waals surface area contributed by atoms with Crippen molar-refractivity contribution in [3.8, 4) is 0 Å². The van der Waals surface area contributed by atoms with E-state index in [0.29, 0.717) is 12.1 Å². The Morgan fingerprint density at radius 1 is 1.00 bits per heavy atom. The van der Waals surface area contributed by atoms with Crippen LogP contribution < -0.4 is 5.32 Å². The summed E-state index contributed by atoms with van der Waals surface area (Å²) in [7, 11) is 0. The van der Waals surface area contributed by atoms with Gasteiger partial charge in [-0.05, 0) is 17.7 Å². The van der Waals surface area contributed by atoms with E-state index in [0.717, 1.165) is 10.0 Å². The molecule has 0 fully saturated rings. The van der Waals surface area contributed by atoms with Gasteiger partial charge in [-0.2, -0.15) is 0 Å². The van der Waals surface area contributed by atoms with Crippen LogP contribution in [0.3, 0.4) is 0 Å². The number of halogens is 4. The lowest BCUT2D eigenvalue weighted by Crippen LogP contribution is -2.04. The zero-order valence-corrected chi connectivity index (χ0v) is 10.8. The molecule has 1 N–H and O–H groups in total. The van der Waals surface area contributed by atoms with Crippen LogP contribution >= 0.6 is 15.9 Å². The fourth-order valence-corrected chi connectivity index (χ4v) is 2.00. The second kappa shape index (κ2) is 5.44. The molecule has 0 saturated heterocycles. The van der Waals surface area contributed by atoms with E-state index >= 15 is 0 Å². The molecule has 94 valence electrons. The van der Waals surface area contributed by atoms with Crippen LogP contribution in [0.25, 0.3) is 0 Å². The van der Waals surface area contributed by atoms with Gasteiger partial charge in [-0.3, -0.25) is 0 Å². The Morgan fingerprint density at radius 3 is 2.28 bits per heavy atom. The van der Waals surface area contributed by atoms with Gasteiger partial charge in [0.2, 0.25) is 0 Å². The third-order valence-electron chi connectivity index (χ3n) is 2.37. The number of benzene rings is 2. The van der Waals surface area contributed by atoms with Gasteiger partial charge in [-0.15, -0.1) is 0 Å². The molecule has 18 heavy (non-hydrogen) atoms. The van der Waals surface area contributed by atoms with Gasteiger partial charge >= 0.3 is 0 Å². The summed E-state index contributed by atoms with van der Waals surface area (Å²) < 4.78 is 40.3. The second-order valence-electron chi connectivity index (χ2n) is 3.73. The monoisotopic (exact) mass is 315 g/mol. The standard InChI is InChI=1S/C13H9BrF3N/c14-9-3-1-2-8(4-9)7-18-13-11(16)5-10(15)6-12(13)17/h1-6,18H,7H2. The Hall–Kier alpha value is -1.49. The van der Waals surface area contributed by atoms with E-state index in [2.05, 4.69) is 21.2 Å². The normalized spacial score (nSPS) is 10.4. The zero-order valence-electron chi connectivity index (χ0n) is 9.18. The number of hydrogen-bond acceptors (Lipinski definition) is 1. The average Bonchev–Trinajstić information content (AvgIpc) is 2.27. The van der Waals surface area contributed by atoms with Crippen molar-refractivity contribution in [2.24, 2.45) is 0 Å². The highest BCUT2D eigenvalue weighted by atomic mass is 79.9. The summed E-state index contributed by atoms with van der Waals surface area (Å²) >= 11 is 3.30. The van der Waals surface area contributed by atoms with Gasteiger partial charge in [0.1, 0.15) is 11.5 Å². The first-order valence-corrected chi connectivity index (χ1v) is 5.98. The Morgan fingerprint density at radius 2 is 1.67 bits per heavy atom. The van der Waals surface area contributed by atoms with Crippen molar-refractivity contribution in [2.45, 2.75) is 6.54 Å². The number of hydrogen-bond donors (Lipinski definition) is 1. The van der Waals surface area contributed by atoms with Gasteiger partial charge in [0.15, 0.2) is 11.6 Å². The summed E-state index contributed by atoms with van der Waals surface area (Å²) in [6, 6.07) is 8.60. The van der Waals surface area contributed by atoms with Gasteiger partial charge in [0.25, 0.3) is 0 Å². The fraction of sp³-hybridized carbons (Fsp3) is 0.0769. The first-order chi connectivity index (χ1) is 8.56. The number of anilines is 1. The lowest BCUT2D eigenvalue weighted by molar-refractivity contribution is 0.547. The Labute approximate surface area is 111 Å². The van der Waals surface area contributed by atoms with Crippen LogP contribution in [0.5, 0.6) is 0 Å². The molecule has 2 aromatic rings. The van der Waals surface area contributed by atoms with Crippen molar-refractivity contribution in [1.29, 1.82) is 0 Å². The lowest BCUT2D eigenvalue weighted by atomic mass is 10.2. The summed E-state index contributed by atoms with van der Waals surface area (Å²) in [6.07, 6.45) is 0. The van der Waals surface area contributed by atoms with Gasteiger partial charge in [0.05, 0.1) is 0 Å². The molecule has 0 aliphatic carbocycles. The Bertz CT molecular complexity index is 549. The molecule has 2 rings (SSSR count). The second-order valence-corrected chi connectivity index (χ2v) is 4.64. The molecule has 0 amide bonds. The van der Waals surface area contributed by atoms with Crippen molar-refractivity contribution in [3.63, 3.8) is 0 Å². The van der Waals surface area contributed by atoms with E-state index < -0.39 is 17.5 Å². The SMILES string of the molecule is Fc1cc(F)c(NCc2cccc(Br)c2)c(F)c1. The van der Waals surface area contributed by atoms with Crippen LogP contribution in [0, 0.1) is 17.5 Å². The van der Waals surface area contributed by atoms with Crippen molar-refractivity contribution in [2.75, 3.05) is 5.32 Å². The molecule has 0 atom stereocenters. The minimum atomic E-state index is -0.942. The molecular formula is C13H9BrF3N. The van der Waals surface area contributed by atoms with Crippen LogP contribution in [0.15, 0.2) is 40.9 Å². The highest BCUT2D eigenvalue weighted by Crippen LogP contribution is 2.21. The van der Waals surface area contributed by atoms with Crippen molar-refractivity contribution < 1.29 is 13.2 Å². The van der Waals surface area contributed by atoms with E-state index in [-0.39, 0.29) is 12.2 Å². The fourth-order valence-electron chi connectivity index (χ4n) is 1.55. The van der Waals surface area contributed by atoms with Crippen LogP contribution in [0.4, 0.5) is 18.9 Å². The maximum Gasteiger partial charge on any atom is 0.152 e. The third kappa shape index (κ3) is 3.04. The average molecular weight is 316 g/mol. The van der Waals surface area contributed by atoms with Crippen molar-refractivity contribution >= 4 is 21.6 Å². The topological polar surface area (TPSA) is 12.0 Å². The van der Waals surface area contributed by atoms with Crippen LogP contribution in [-0.2, 0) is 6.54 Å². The molecule has 0 heterocycles. The zero-order chi connectivity index (χ0) is 13.1. The van der Waals surface area contributed by atoms with E-state index in [1.54, 1.807) is 0 Å². The largest absolute Gasteiger partial charge is 0.376 e. The predicted molar refractivity (Wildman–Crippen MR) is 67.8 cm³/mol. The molecule has 0 unspecified atom stereocenters. The summed E-state index contributed by atoms with van der Waals surface area (Å²) in [5.41, 5.74) is 0.531. The highest BCUT2D eigenvalue weighted by Gasteiger charge is 2.10. The van der Waals surface area contributed by atoms with E-state index in [4.69, 9.17) is 0 Å². The predicted octanol–water partition coefficient (Wildman–Crippen LogP) is 4.48. The summed E-state index contributed by atoms with van der Waals surface area (Å²) in [4.78, 5) is 0. The summed E-state index contributed by atoms with van der Waals surface area (Å²) in [5, 5.41) is 2.61. The Kier molecular flexibility index (Phi) is 3.91. The van der Waals surface area contributed by atoms with E-state index in [1.165, 1.54) is 0 Å². The molecular weight excluding hydrogens is 307 g/mol. The van der Waals surface area contributed by atoms with Crippen molar-refractivity contribution in [3.05, 3.63) is 63.9 Å². The molecule has 0 aliphatic rings. The van der Waals surface area contributed by atoms with E-state index in [1.807, 2.05) is 24.3 Å². The first-order valence-electron chi connectivity index (χ1n) is 5.19. The van der Waals surface area contributed by atoms with Crippen LogP contribution in [0.1, 0.15) is 5.56 Å². The Balaban J connectivity index is 2.16. The maximum absolute atomic E-state index is 13.3. The summed E-state index contributed by atoms with van der Waals surface area (Å²) in [5.74, 6) is -2.82. The van der Waals surface area contributed by atoms with Crippen molar-refractivity contribution in [1.82, 2.24) is 0 Å². The minimum absolute atomic E-state index is 0.249. The molecule has 0 aliphatic heterocycles. The van der Waals surface area contributed by atoms with Gasteiger partial charge in [0, 0.05) is 23.2 Å². The van der Waals surface area contributed by atoms with Crippen LogP contribution in [-0.4, -0.2) is 0 Å². The molecule has 0 bridgehead atoms. The minimum Gasteiger partial charge on any atom is -0.376 e. The molecule has 0 saturated carbocycles. The van der Waals surface area contributed by atoms with E-state index in [9.17, 15) is 13.2 Å². The number of rotatable bonds is 3. The quantitative estimate of drug-likeness (QED) is 0.880. The van der Waals surface area contributed by atoms with Gasteiger partial charge in [-0.25, -0.2) is 13.2 Å². The lowest BCUT2D eigenvalue weighted by Gasteiger charge is -2.09. The first kappa shape index (κ1) is 13.0. The van der Waals surface area contributed by atoms with Gasteiger partial charge < -0.3 is 5.32 Å². The molecule has 5 heteroatoms. The number of nitrogens with one attached hydrogen (secondary N) is 1. The highest BCUT2D eigenvalue weighted by molar-refractivity contribution is 9.10. The molecule has 2 aromatic carbocycles. The molecule has 1 nitrogen and oxygen atoms in total. The van der Waals surface area contributed by atoms with Crippen LogP contribution in [0.2, 0.25) is 0 Å².